The van der Waals surface area contributed by atoms with Gasteiger partial charge in [-0.15, -0.1) is 0 Å². The van der Waals surface area contributed by atoms with Crippen molar-refractivity contribution in [2.45, 2.75) is 27.7 Å². The Labute approximate surface area is 178 Å². The van der Waals surface area contributed by atoms with Crippen LogP contribution in [0.25, 0.3) is 5.30 Å². The smallest absolute Gasteiger partial charge is 0.531 e. The van der Waals surface area contributed by atoms with Gasteiger partial charge in [0.25, 0.3) is 0 Å². The summed E-state index contributed by atoms with van der Waals surface area (Å²) >= 11 is 4.24. The molecule has 0 spiro atoms. The normalized spacial score (nSPS) is 8.96. The third-order valence-corrected chi connectivity index (χ3v) is 6.80. The maximum absolute atomic E-state index is 2.39. The summed E-state index contributed by atoms with van der Waals surface area (Å²) in [6, 6.07) is 10.7. The van der Waals surface area contributed by atoms with Gasteiger partial charge >= 0.3 is 18.9 Å². The SMILES string of the molecule is Cc1c[p-]cc1C.Cc1cp(-c2ccccc2)cc1C.II.[Li+]. The first-order chi connectivity index (χ1) is 10.6. The van der Waals surface area contributed by atoms with Crippen molar-refractivity contribution in [2.75, 3.05) is 0 Å². The van der Waals surface area contributed by atoms with Gasteiger partial charge in [-0.1, -0.05) is 49.0 Å². The first-order valence-corrected chi connectivity index (χ1v) is 15.8. The Morgan fingerprint density at radius 1 is 0.739 bits per heavy atom. The van der Waals surface area contributed by atoms with Gasteiger partial charge < -0.3 is 8.19 Å². The number of hydrogen-bond acceptors (Lipinski definition) is 0. The summed E-state index contributed by atoms with van der Waals surface area (Å²) < 4.78 is 0. The van der Waals surface area contributed by atoms with E-state index in [1.165, 1.54) is 35.8 Å². The summed E-state index contributed by atoms with van der Waals surface area (Å²) in [5.41, 5.74) is 5.74. The van der Waals surface area contributed by atoms with Gasteiger partial charge in [0, 0.05) is 37.2 Å². The molecule has 2 heterocycles. The van der Waals surface area contributed by atoms with E-state index in [1.807, 2.05) is 0 Å². The predicted molar refractivity (Wildman–Crippen MR) is 122 cm³/mol. The Kier molecular flexibility index (Phi) is 13.6. The topological polar surface area (TPSA) is 0 Å². The molecule has 3 aromatic rings. The molecule has 0 N–H and O–H groups in total. The summed E-state index contributed by atoms with van der Waals surface area (Å²) in [6.45, 7) is 8.67. The van der Waals surface area contributed by atoms with E-state index in [2.05, 4.69) is 118 Å². The van der Waals surface area contributed by atoms with Crippen LogP contribution in [-0.2, 0) is 0 Å². The van der Waals surface area contributed by atoms with Crippen LogP contribution in [0.3, 0.4) is 0 Å². The molecule has 118 valence electrons. The fraction of sp³-hybridized carbons (Fsp3) is 0.222. The van der Waals surface area contributed by atoms with E-state index >= 15 is 0 Å². The van der Waals surface area contributed by atoms with Crippen LogP contribution in [0.2, 0.25) is 0 Å². The van der Waals surface area contributed by atoms with Gasteiger partial charge in [-0.25, -0.2) is 11.6 Å². The van der Waals surface area contributed by atoms with Crippen LogP contribution in [0.15, 0.2) is 53.5 Å². The van der Waals surface area contributed by atoms with E-state index in [4.69, 9.17) is 0 Å². The first-order valence-electron chi connectivity index (χ1n) is 6.96. The molecule has 0 aliphatic heterocycles. The minimum absolute atomic E-state index is 0. The molecule has 0 amide bonds. The third kappa shape index (κ3) is 8.17. The predicted octanol–water partition coefficient (Wildman–Crippen LogP) is 5.66. The molecule has 0 unspecified atom stereocenters. The van der Waals surface area contributed by atoms with Gasteiger partial charge in [-0.05, 0) is 55.7 Å². The van der Waals surface area contributed by atoms with Crippen LogP contribution in [0.5, 0.6) is 0 Å². The zero-order chi connectivity index (χ0) is 16.5. The molecular formula is C18H21I2LiP2. The molecular weight excluding hydrogens is 539 g/mol. The van der Waals surface area contributed by atoms with E-state index in [0.717, 1.165) is 0 Å². The molecule has 1 aromatic carbocycles. The molecule has 23 heavy (non-hydrogen) atoms. The number of halogens is 2. The van der Waals surface area contributed by atoms with Crippen molar-refractivity contribution in [3.8, 4) is 5.30 Å². The van der Waals surface area contributed by atoms with Crippen LogP contribution in [0.4, 0.5) is 0 Å². The third-order valence-electron chi connectivity index (χ3n) is 3.50. The summed E-state index contributed by atoms with van der Waals surface area (Å²) in [5.74, 6) is 9.21. The molecule has 0 saturated heterocycles. The summed E-state index contributed by atoms with van der Waals surface area (Å²) in [7, 11) is 1.21. The Hall–Kier alpha value is 0.837. The van der Waals surface area contributed by atoms with E-state index in [0.29, 0.717) is 0 Å². The molecule has 3 rings (SSSR count). The standard InChI is InChI=1S/C12H13P.C6H8P.I2.Li/c1-10-8-13(9-11(10)2)12-6-4-3-5-7-12;1-5-3-7-4-6(5)2;1-2;/h3-9H,1-2H3;3-4H,1-2H3;;/q;-1;;+1. The molecule has 2 aromatic heterocycles. The average molecular weight is 560 g/mol. The van der Waals surface area contributed by atoms with Crippen molar-refractivity contribution in [1.29, 1.82) is 0 Å². The van der Waals surface area contributed by atoms with E-state index < -0.39 is 0 Å². The Morgan fingerprint density at radius 2 is 1.17 bits per heavy atom. The Bertz CT molecular complexity index is 639. The van der Waals surface area contributed by atoms with Crippen molar-refractivity contribution in [3.05, 3.63) is 75.8 Å². The van der Waals surface area contributed by atoms with Crippen molar-refractivity contribution in [2.24, 2.45) is 0 Å². The minimum Gasteiger partial charge on any atom is -0.531 e. The van der Waals surface area contributed by atoms with Crippen LogP contribution < -0.4 is 18.9 Å². The molecule has 0 atom stereocenters. The maximum Gasteiger partial charge on any atom is 1.00 e. The maximum atomic E-state index is 2.39. The number of hydrogen-bond donors (Lipinski definition) is 0. The van der Waals surface area contributed by atoms with Crippen LogP contribution in [0.1, 0.15) is 22.3 Å². The van der Waals surface area contributed by atoms with Gasteiger partial charge in [0.15, 0.2) is 0 Å². The summed E-state index contributed by atoms with van der Waals surface area (Å²) in [5, 5.41) is 1.45. The second kappa shape index (κ2) is 13.1. The van der Waals surface area contributed by atoms with Crippen molar-refractivity contribution in [3.63, 3.8) is 0 Å². The number of benzene rings is 1. The quantitative estimate of drug-likeness (QED) is 0.267. The van der Waals surface area contributed by atoms with E-state index in [1.54, 1.807) is 0 Å². The molecule has 0 aliphatic carbocycles. The second-order valence-electron chi connectivity index (χ2n) is 5.14. The van der Waals surface area contributed by atoms with Crippen molar-refractivity contribution in [1.82, 2.24) is 0 Å². The fourth-order valence-electron chi connectivity index (χ4n) is 1.87. The van der Waals surface area contributed by atoms with Gasteiger partial charge in [-0.3, -0.25) is 0 Å². The van der Waals surface area contributed by atoms with Crippen LogP contribution >= 0.6 is 53.0 Å². The zero-order valence-corrected chi connectivity index (χ0v) is 20.5. The largest absolute Gasteiger partial charge is 1.00 e. The Balaban J connectivity index is 0.000000415. The molecule has 0 saturated carbocycles. The molecule has 0 nitrogen and oxygen atoms in total. The zero-order valence-electron chi connectivity index (χ0n) is 14.3. The number of aryl methyl sites for hydroxylation is 4. The molecule has 0 radical (unpaired) electrons. The monoisotopic (exact) mass is 560 g/mol. The van der Waals surface area contributed by atoms with Gasteiger partial charge in [-0.2, -0.15) is 0 Å². The fourth-order valence-corrected chi connectivity index (χ4v) is 4.93. The summed E-state index contributed by atoms with van der Waals surface area (Å²) in [4.78, 5) is 0. The van der Waals surface area contributed by atoms with E-state index in [9.17, 15) is 0 Å². The van der Waals surface area contributed by atoms with Gasteiger partial charge in [0.05, 0.1) is 0 Å². The average Bonchev–Trinajstić information content (AvgIpc) is 3.09. The van der Waals surface area contributed by atoms with Crippen molar-refractivity contribution < 1.29 is 18.9 Å². The minimum atomic E-state index is -0.143. The molecule has 0 fully saturated rings. The first kappa shape index (κ1) is 23.8. The van der Waals surface area contributed by atoms with Crippen LogP contribution in [0, 0.1) is 27.7 Å². The van der Waals surface area contributed by atoms with Gasteiger partial charge in [0.1, 0.15) is 0 Å². The number of rotatable bonds is 1. The van der Waals surface area contributed by atoms with E-state index in [-0.39, 0.29) is 26.4 Å². The Morgan fingerprint density at radius 3 is 1.52 bits per heavy atom. The molecule has 0 aliphatic rings. The van der Waals surface area contributed by atoms with Crippen LogP contribution in [-0.4, -0.2) is 0 Å². The molecule has 5 heteroatoms. The van der Waals surface area contributed by atoms with Crippen molar-refractivity contribution >= 4 is 53.0 Å². The molecule has 0 bridgehead atoms. The van der Waals surface area contributed by atoms with Gasteiger partial charge in [0.2, 0.25) is 0 Å². The summed E-state index contributed by atoms with van der Waals surface area (Å²) in [6.07, 6.45) is 0. The second-order valence-corrected chi connectivity index (χ2v) is 7.80.